The van der Waals surface area contributed by atoms with E-state index in [1.807, 2.05) is 0 Å². The third-order valence-corrected chi connectivity index (χ3v) is 6.69. The number of hydrogen-bond acceptors (Lipinski definition) is 2. The van der Waals surface area contributed by atoms with Crippen molar-refractivity contribution in [2.24, 2.45) is 0 Å². The predicted molar refractivity (Wildman–Crippen MR) is 110 cm³/mol. The van der Waals surface area contributed by atoms with Gasteiger partial charge in [0.25, 0.3) is 0 Å². The summed E-state index contributed by atoms with van der Waals surface area (Å²) in [5, 5.41) is 0.647. The molecule has 1 nitrogen and oxygen atoms in total. The molecule has 0 aromatic rings. The molecule has 1 rings (SSSR count). The van der Waals surface area contributed by atoms with Crippen molar-refractivity contribution in [1.29, 1.82) is 0 Å². The molecular formula is C22H42OS. The minimum Gasteiger partial charge on any atom is -0.300 e. The van der Waals surface area contributed by atoms with Crippen LogP contribution in [0.3, 0.4) is 0 Å². The fourth-order valence-electron chi connectivity index (χ4n) is 3.67. The molecule has 2 heteroatoms. The third kappa shape index (κ3) is 13.3. The van der Waals surface area contributed by atoms with E-state index in [4.69, 9.17) is 0 Å². The van der Waals surface area contributed by atoms with Crippen LogP contribution in [0.25, 0.3) is 0 Å². The minimum atomic E-state index is 0.500. The second-order valence-corrected chi connectivity index (χ2v) is 9.13. The summed E-state index contributed by atoms with van der Waals surface area (Å²) in [4.78, 5) is 11.4. The van der Waals surface area contributed by atoms with E-state index in [0.29, 0.717) is 11.0 Å². The second-order valence-electron chi connectivity index (χ2n) is 7.72. The molecule has 0 aromatic heterocycles. The summed E-state index contributed by atoms with van der Waals surface area (Å²) in [6.07, 6.45) is 24.1. The minimum absolute atomic E-state index is 0.500. The molecule has 1 aliphatic rings. The molecule has 1 fully saturated rings. The highest BCUT2D eigenvalue weighted by Crippen LogP contribution is 2.27. The summed E-state index contributed by atoms with van der Waals surface area (Å²) in [7, 11) is 0. The van der Waals surface area contributed by atoms with Crippen LogP contribution in [0, 0.1) is 0 Å². The van der Waals surface area contributed by atoms with E-state index in [1.165, 1.54) is 102 Å². The van der Waals surface area contributed by atoms with Gasteiger partial charge in [-0.1, -0.05) is 90.4 Å². The zero-order valence-corrected chi connectivity index (χ0v) is 17.1. The fraction of sp³-hybridized carbons (Fsp3) is 0.955. The Morgan fingerprint density at radius 3 is 1.79 bits per heavy atom. The molecule has 0 spiro atoms. The summed E-state index contributed by atoms with van der Waals surface area (Å²) in [5.41, 5.74) is 0. The highest BCUT2D eigenvalue weighted by molar-refractivity contribution is 7.99. The van der Waals surface area contributed by atoms with Gasteiger partial charge in [-0.15, -0.1) is 0 Å². The van der Waals surface area contributed by atoms with E-state index in [-0.39, 0.29) is 0 Å². The Kier molecular flexibility index (Phi) is 15.2. The summed E-state index contributed by atoms with van der Waals surface area (Å²) in [5.74, 6) is 1.77. The molecule has 142 valence electrons. The molecule has 0 heterocycles. The molecule has 1 saturated carbocycles. The van der Waals surface area contributed by atoms with Crippen LogP contribution in [0.1, 0.15) is 122 Å². The molecule has 24 heavy (non-hydrogen) atoms. The van der Waals surface area contributed by atoms with E-state index in [1.54, 1.807) is 0 Å². The number of carbonyl (C=O) groups excluding carboxylic acids is 1. The van der Waals surface area contributed by atoms with Gasteiger partial charge in [0.2, 0.25) is 0 Å². The smallest absolute Gasteiger partial charge is 0.134 e. The van der Waals surface area contributed by atoms with Gasteiger partial charge in [-0.25, -0.2) is 0 Å². The molecule has 0 aromatic carbocycles. The van der Waals surface area contributed by atoms with Crippen molar-refractivity contribution in [2.45, 2.75) is 128 Å². The average molecular weight is 355 g/mol. The quantitative estimate of drug-likeness (QED) is 0.264. The fourth-order valence-corrected chi connectivity index (χ4v) is 5.02. The largest absolute Gasteiger partial charge is 0.300 e. The first-order valence-electron chi connectivity index (χ1n) is 11.0. The third-order valence-electron chi connectivity index (χ3n) is 5.29. The maximum Gasteiger partial charge on any atom is 0.134 e. The number of thioether (sulfide) groups is 1. The van der Waals surface area contributed by atoms with Crippen LogP contribution in [0.4, 0.5) is 0 Å². The molecule has 0 bridgehead atoms. The van der Waals surface area contributed by atoms with Gasteiger partial charge in [0.05, 0.1) is 0 Å². The van der Waals surface area contributed by atoms with Crippen LogP contribution in [0.2, 0.25) is 0 Å². The van der Waals surface area contributed by atoms with Gasteiger partial charge >= 0.3 is 0 Å². The lowest BCUT2D eigenvalue weighted by molar-refractivity contribution is -0.120. The van der Waals surface area contributed by atoms with Crippen molar-refractivity contribution in [3.8, 4) is 0 Å². The van der Waals surface area contributed by atoms with Crippen LogP contribution in [-0.4, -0.2) is 16.8 Å². The first kappa shape index (κ1) is 22.1. The van der Waals surface area contributed by atoms with E-state index in [2.05, 4.69) is 18.7 Å². The van der Waals surface area contributed by atoms with E-state index in [0.717, 1.165) is 19.3 Å². The first-order chi connectivity index (χ1) is 11.8. The Hall–Kier alpha value is 0.0200. The Morgan fingerprint density at radius 2 is 1.29 bits per heavy atom. The van der Waals surface area contributed by atoms with Crippen LogP contribution < -0.4 is 0 Å². The predicted octanol–water partition coefficient (Wildman–Crippen LogP) is 7.71. The highest BCUT2D eigenvalue weighted by atomic mass is 32.2. The Bertz CT molecular complexity index is 290. The number of rotatable bonds is 16. The summed E-state index contributed by atoms with van der Waals surface area (Å²) < 4.78 is 0. The zero-order valence-electron chi connectivity index (χ0n) is 16.3. The molecule has 0 radical (unpaired) electrons. The van der Waals surface area contributed by atoms with Crippen molar-refractivity contribution in [1.82, 2.24) is 0 Å². The van der Waals surface area contributed by atoms with Gasteiger partial charge in [0, 0.05) is 18.1 Å². The van der Waals surface area contributed by atoms with Crippen molar-refractivity contribution in [3.05, 3.63) is 0 Å². The molecule has 1 aliphatic carbocycles. The van der Waals surface area contributed by atoms with Gasteiger partial charge in [0.1, 0.15) is 5.78 Å². The summed E-state index contributed by atoms with van der Waals surface area (Å²) in [6.45, 7) is 2.29. The monoisotopic (exact) mass is 354 g/mol. The van der Waals surface area contributed by atoms with E-state index >= 15 is 0 Å². The lowest BCUT2D eigenvalue weighted by atomic mass is 9.99. The van der Waals surface area contributed by atoms with Gasteiger partial charge in [-0.05, 0) is 25.0 Å². The molecule has 0 saturated heterocycles. The molecule has 0 amide bonds. The maximum absolute atomic E-state index is 11.4. The van der Waals surface area contributed by atoms with Crippen molar-refractivity contribution >= 4 is 17.5 Å². The van der Waals surface area contributed by atoms with E-state index < -0.39 is 0 Å². The number of ketones is 1. The molecule has 1 atom stereocenters. The average Bonchev–Trinajstić information content (AvgIpc) is 2.58. The SMILES string of the molecule is CCCCCCCCCCCCCCCCSC1CCCC(=O)C1. The standard InChI is InChI=1S/C22H42OS/c1-2-3-4-5-6-7-8-9-10-11-12-13-14-15-19-24-22-18-16-17-21(23)20-22/h22H,2-20H2,1H3. The van der Waals surface area contributed by atoms with Crippen LogP contribution in [-0.2, 0) is 4.79 Å². The Morgan fingerprint density at radius 1 is 0.792 bits per heavy atom. The van der Waals surface area contributed by atoms with Gasteiger partial charge < -0.3 is 0 Å². The maximum atomic E-state index is 11.4. The Balaban J connectivity index is 1.71. The lowest BCUT2D eigenvalue weighted by Crippen LogP contribution is -2.17. The highest BCUT2D eigenvalue weighted by Gasteiger charge is 2.19. The normalized spacial score (nSPS) is 18.2. The summed E-state index contributed by atoms with van der Waals surface area (Å²) in [6, 6.07) is 0. The molecule has 0 aliphatic heterocycles. The number of unbranched alkanes of at least 4 members (excludes halogenated alkanes) is 13. The number of hydrogen-bond donors (Lipinski definition) is 0. The van der Waals surface area contributed by atoms with Crippen LogP contribution in [0.15, 0.2) is 0 Å². The molecule has 0 N–H and O–H groups in total. The van der Waals surface area contributed by atoms with Crippen molar-refractivity contribution < 1.29 is 4.79 Å². The van der Waals surface area contributed by atoms with Gasteiger partial charge in [0.15, 0.2) is 0 Å². The second kappa shape index (κ2) is 16.5. The van der Waals surface area contributed by atoms with Gasteiger partial charge in [-0.3, -0.25) is 4.79 Å². The molecular weight excluding hydrogens is 312 g/mol. The van der Waals surface area contributed by atoms with Crippen LogP contribution in [0.5, 0.6) is 0 Å². The number of Topliss-reactive ketones (excluding diaryl/α,β-unsaturated/α-hetero) is 1. The van der Waals surface area contributed by atoms with Crippen LogP contribution >= 0.6 is 11.8 Å². The summed E-state index contributed by atoms with van der Waals surface area (Å²) >= 11 is 2.06. The van der Waals surface area contributed by atoms with Gasteiger partial charge in [-0.2, -0.15) is 11.8 Å². The zero-order chi connectivity index (χ0) is 17.3. The first-order valence-corrected chi connectivity index (χ1v) is 12.0. The Labute approximate surface area is 156 Å². The molecule has 1 unspecified atom stereocenters. The van der Waals surface area contributed by atoms with Crippen molar-refractivity contribution in [3.63, 3.8) is 0 Å². The topological polar surface area (TPSA) is 17.1 Å². The lowest BCUT2D eigenvalue weighted by Gasteiger charge is -2.19. The van der Waals surface area contributed by atoms with Crippen molar-refractivity contribution in [2.75, 3.05) is 5.75 Å². The number of carbonyl (C=O) groups is 1. The van der Waals surface area contributed by atoms with E-state index in [9.17, 15) is 4.79 Å².